The first-order chi connectivity index (χ1) is 18.4. The Labute approximate surface area is 228 Å². The van der Waals surface area contributed by atoms with Crippen LogP contribution in [0, 0.1) is 11.3 Å². The van der Waals surface area contributed by atoms with Crippen molar-refractivity contribution in [1.82, 2.24) is 0 Å². The number of halogens is 1. The van der Waals surface area contributed by atoms with E-state index in [0.29, 0.717) is 39.4 Å². The molecular formula is C30H23BrN2O5. The van der Waals surface area contributed by atoms with E-state index in [0.717, 1.165) is 16.3 Å². The van der Waals surface area contributed by atoms with Gasteiger partial charge in [-0.25, -0.2) is 4.79 Å². The Balaban J connectivity index is 1.50. The topological polar surface area (TPSA) is 97.7 Å². The van der Waals surface area contributed by atoms with Gasteiger partial charge in [0, 0.05) is 10.2 Å². The van der Waals surface area contributed by atoms with Crippen molar-refractivity contribution in [3.63, 3.8) is 0 Å². The lowest BCUT2D eigenvalue weighted by atomic mass is 10.1. The smallest absolute Gasteiger partial charge is 0.337 e. The summed E-state index contributed by atoms with van der Waals surface area (Å²) in [6.45, 7) is 0.337. The van der Waals surface area contributed by atoms with E-state index in [9.17, 15) is 14.9 Å². The molecule has 0 aliphatic rings. The summed E-state index contributed by atoms with van der Waals surface area (Å²) in [4.78, 5) is 24.3. The maximum Gasteiger partial charge on any atom is 0.337 e. The number of methoxy groups -OCH3 is 2. The van der Waals surface area contributed by atoms with Crippen LogP contribution >= 0.6 is 15.9 Å². The lowest BCUT2D eigenvalue weighted by Crippen LogP contribution is -2.13. The average Bonchev–Trinajstić information content (AvgIpc) is 2.95. The zero-order valence-electron chi connectivity index (χ0n) is 20.7. The third-order valence-electron chi connectivity index (χ3n) is 5.72. The lowest BCUT2D eigenvalue weighted by Gasteiger charge is -2.13. The van der Waals surface area contributed by atoms with Crippen LogP contribution < -0.4 is 14.8 Å². The summed E-state index contributed by atoms with van der Waals surface area (Å²) in [7, 11) is 2.81. The number of hydrogen-bond donors (Lipinski definition) is 1. The second-order valence-electron chi connectivity index (χ2n) is 8.19. The summed E-state index contributed by atoms with van der Waals surface area (Å²) in [6.07, 6.45) is 1.46. The highest BCUT2D eigenvalue weighted by Gasteiger charge is 2.15. The molecule has 1 amide bonds. The number of anilines is 1. The van der Waals surface area contributed by atoms with Gasteiger partial charge in [0.15, 0.2) is 11.5 Å². The first-order valence-corrected chi connectivity index (χ1v) is 12.3. The second kappa shape index (κ2) is 12.1. The predicted octanol–water partition coefficient (Wildman–Crippen LogP) is 6.52. The Morgan fingerprint density at radius 2 is 1.68 bits per heavy atom. The van der Waals surface area contributed by atoms with E-state index in [1.54, 1.807) is 24.3 Å². The molecule has 7 nitrogen and oxygen atoms in total. The van der Waals surface area contributed by atoms with Gasteiger partial charge in [-0.1, -0.05) is 52.3 Å². The molecule has 4 rings (SSSR count). The maximum absolute atomic E-state index is 12.7. The molecule has 0 aromatic heterocycles. The van der Waals surface area contributed by atoms with Crippen LogP contribution in [0.5, 0.6) is 11.5 Å². The van der Waals surface area contributed by atoms with E-state index in [4.69, 9.17) is 9.47 Å². The van der Waals surface area contributed by atoms with Crippen LogP contribution in [0.3, 0.4) is 0 Å². The summed E-state index contributed by atoms with van der Waals surface area (Å²) < 4.78 is 16.8. The molecule has 38 heavy (non-hydrogen) atoms. The Morgan fingerprint density at radius 3 is 2.37 bits per heavy atom. The molecule has 0 unspecified atom stereocenters. The van der Waals surface area contributed by atoms with Gasteiger partial charge in [-0.3, -0.25) is 4.79 Å². The number of nitrogens with one attached hydrogen (secondary N) is 1. The fraction of sp³-hybridized carbons (Fsp3) is 0.100. The molecule has 1 N–H and O–H groups in total. The fourth-order valence-electron chi connectivity index (χ4n) is 3.73. The second-order valence-corrected chi connectivity index (χ2v) is 9.04. The number of amides is 1. The van der Waals surface area contributed by atoms with Crippen molar-refractivity contribution in [2.24, 2.45) is 0 Å². The summed E-state index contributed by atoms with van der Waals surface area (Å²) >= 11 is 3.51. The van der Waals surface area contributed by atoms with Crippen molar-refractivity contribution >= 4 is 50.3 Å². The van der Waals surface area contributed by atoms with Crippen molar-refractivity contribution in [2.75, 3.05) is 19.5 Å². The minimum atomic E-state index is -0.596. The minimum absolute atomic E-state index is 0.116. The average molecular weight is 571 g/mol. The van der Waals surface area contributed by atoms with E-state index < -0.39 is 11.9 Å². The van der Waals surface area contributed by atoms with Crippen LogP contribution in [0.4, 0.5) is 5.69 Å². The third kappa shape index (κ3) is 6.20. The summed E-state index contributed by atoms with van der Waals surface area (Å²) in [5.74, 6) is -0.112. The maximum atomic E-state index is 12.7. The van der Waals surface area contributed by atoms with Gasteiger partial charge < -0.3 is 19.5 Å². The molecule has 0 aliphatic heterocycles. The number of esters is 1. The molecule has 0 bridgehead atoms. The summed E-state index contributed by atoms with van der Waals surface area (Å²) in [5.41, 5.74) is 2.23. The van der Waals surface area contributed by atoms with Crippen molar-refractivity contribution in [3.8, 4) is 17.6 Å². The molecule has 4 aromatic rings. The molecule has 0 atom stereocenters. The Morgan fingerprint density at radius 1 is 0.947 bits per heavy atom. The molecule has 0 saturated heterocycles. The van der Waals surface area contributed by atoms with E-state index in [2.05, 4.69) is 50.2 Å². The number of carbonyl (C=O) groups excluding carboxylic acids is 2. The number of nitrogens with zero attached hydrogens (tertiary/aromatic N) is 1. The standard InChI is InChI=1S/C30H23BrN2O5/c1-36-27-15-23(14-24(17-32)29(34)33-25-11-9-21(10-12-25)30(35)37-2)26(31)16-28(27)38-18-19-7-8-20-5-3-4-6-22(20)13-19/h3-16H,18H2,1-2H3,(H,33,34)/b24-14+. The molecule has 4 aromatic carbocycles. The first kappa shape index (κ1) is 26.5. The van der Waals surface area contributed by atoms with E-state index in [1.165, 1.54) is 32.4 Å². The van der Waals surface area contributed by atoms with Crippen LogP contribution in [0.15, 0.2) is 88.9 Å². The Hall–Kier alpha value is -4.61. The molecule has 0 radical (unpaired) electrons. The predicted molar refractivity (Wildman–Crippen MR) is 149 cm³/mol. The zero-order valence-corrected chi connectivity index (χ0v) is 22.2. The van der Waals surface area contributed by atoms with Crippen LogP contribution in [0.1, 0.15) is 21.5 Å². The van der Waals surface area contributed by atoms with Gasteiger partial charge in [0.25, 0.3) is 5.91 Å². The molecule has 8 heteroatoms. The highest BCUT2D eigenvalue weighted by molar-refractivity contribution is 9.10. The van der Waals surface area contributed by atoms with Crippen molar-refractivity contribution in [1.29, 1.82) is 5.26 Å². The van der Waals surface area contributed by atoms with Gasteiger partial charge in [0.2, 0.25) is 0 Å². The van der Waals surface area contributed by atoms with E-state index in [1.807, 2.05) is 24.3 Å². The summed E-state index contributed by atoms with van der Waals surface area (Å²) in [5, 5.41) is 14.6. The SMILES string of the molecule is COC(=O)c1ccc(NC(=O)/C(C#N)=C/c2cc(OC)c(OCc3ccc4ccccc4c3)cc2Br)cc1. The number of benzene rings is 4. The highest BCUT2D eigenvalue weighted by Crippen LogP contribution is 2.35. The normalized spacial score (nSPS) is 10.9. The number of carbonyl (C=O) groups is 2. The minimum Gasteiger partial charge on any atom is -0.493 e. The largest absolute Gasteiger partial charge is 0.493 e. The molecule has 190 valence electrons. The molecule has 0 fully saturated rings. The number of rotatable bonds is 8. The molecule has 0 saturated carbocycles. The van der Waals surface area contributed by atoms with Crippen LogP contribution in [0.2, 0.25) is 0 Å². The fourth-order valence-corrected chi connectivity index (χ4v) is 4.17. The lowest BCUT2D eigenvalue weighted by molar-refractivity contribution is -0.112. The number of nitriles is 1. The van der Waals surface area contributed by atoms with Crippen molar-refractivity contribution in [2.45, 2.75) is 6.61 Å². The van der Waals surface area contributed by atoms with Gasteiger partial charge in [-0.2, -0.15) is 5.26 Å². The molecule has 0 spiro atoms. The number of fused-ring (bicyclic) bond motifs is 1. The van der Waals surface area contributed by atoms with Crippen molar-refractivity contribution < 1.29 is 23.8 Å². The number of hydrogen-bond acceptors (Lipinski definition) is 6. The number of ether oxygens (including phenoxy) is 3. The highest BCUT2D eigenvalue weighted by atomic mass is 79.9. The summed E-state index contributed by atoms with van der Waals surface area (Å²) in [6, 6.07) is 25.8. The molecule has 0 heterocycles. The molecule has 0 aliphatic carbocycles. The Kier molecular flexibility index (Phi) is 8.41. The van der Waals surface area contributed by atoms with Crippen molar-refractivity contribution in [3.05, 3.63) is 106 Å². The van der Waals surface area contributed by atoms with E-state index in [-0.39, 0.29) is 5.57 Å². The first-order valence-electron chi connectivity index (χ1n) is 11.5. The molecular weight excluding hydrogens is 548 g/mol. The van der Waals surface area contributed by atoms with Crippen LogP contribution in [-0.4, -0.2) is 26.1 Å². The van der Waals surface area contributed by atoms with Gasteiger partial charge >= 0.3 is 5.97 Å². The van der Waals surface area contributed by atoms with Gasteiger partial charge in [0.1, 0.15) is 18.2 Å². The third-order valence-corrected chi connectivity index (χ3v) is 6.41. The van der Waals surface area contributed by atoms with E-state index >= 15 is 0 Å². The van der Waals surface area contributed by atoms with Crippen LogP contribution in [-0.2, 0) is 16.1 Å². The Bertz CT molecular complexity index is 1570. The van der Waals surface area contributed by atoms with Crippen LogP contribution in [0.25, 0.3) is 16.8 Å². The zero-order chi connectivity index (χ0) is 27.1. The van der Waals surface area contributed by atoms with Gasteiger partial charge in [0.05, 0.1) is 19.8 Å². The quantitative estimate of drug-likeness (QED) is 0.147. The van der Waals surface area contributed by atoms with Gasteiger partial charge in [-0.15, -0.1) is 0 Å². The van der Waals surface area contributed by atoms with Gasteiger partial charge in [-0.05, 0) is 70.4 Å². The monoisotopic (exact) mass is 570 g/mol.